The van der Waals surface area contributed by atoms with Gasteiger partial charge in [0.15, 0.2) is 0 Å². The van der Waals surface area contributed by atoms with Crippen LogP contribution in [0.15, 0.2) is 0 Å². The van der Waals surface area contributed by atoms with Crippen LogP contribution in [-0.4, -0.2) is 23.3 Å². The summed E-state index contributed by atoms with van der Waals surface area (Å²) in [6.45, 7) is 7.29. The summed E-state index contributed by atoms with van der Waals surface area (Å²) in [5.41, 5.74) is 0. The molecule has 0 bridgehead atoms. The third kappa shape index (κ3) is 2.52. The van der Waals surface area contributed by atoms with Crippen LogP contribution >= 0.6 is 0 Å². The Kier molecular flexibility index (Phi) is 2.53. The highest BCUT2D eigenvalue weighted by atomic mass is 15.2. The minimum atomic E-state index is 0.494. The summed E-state index contributed by atoms with van der Waals surface area (Å²) in [7, 11) is 0. The lowest BCUT2D eigenvalue weighted by Crippen LogP contribution is -2.36. The van der Waals surface area contributed by atoms with Gasteiger partial charge < -0.3 is 4.90 Å². The van der Waals surface area contributed by atoms with Crippen molar-refractivity contribution < 1.29 is 0 Å². The van der Waals surface area contributed by atoms with Crippen molar-refractivity contribution >= 4 is 5.84 Å². The molecule has 0 aromatic heterocycles. The lowest BCUT2D eigenvalue weighted by molar-refractivity contribution is 0.332. The average molecular weight is 154 g/mol. The van der Waals surface area contributed by atoms with Gasteiger partial charge in [-0.3, -0.25) is 5.41 Å². The molecule has 0 spiro atoms. The molecule has 11 heavy (non-hydrogen) atoms. The zero-order chi connectivity index (χ0) is 8.43. The molecule has 64 valence electrons. The highest BCUT2D eigenvalue weighted by Gasteiger charge is 2.25. The number of amidine groups is 1. The van der Waals surface area contributed by atoms with Gasteiger partial charge in [-0.15, -0.1) is 0 Å². The SMILES string of the molecule is CC(=N)N(CC1CC1)C(C)C. The van der Waals surface area contributed by atoms with Crippen LogP contribution < -0.4 is 0 Å². The number of rotatable bonds is 3. The molecule has 0 unspecified atom stereocenters. The Morgan fingerprint density at radius 3 is 2.36 bits per heavy atom. The third-order valence-corrected chi connectivity index (χ3v) is 2.21. The Morgan fingerprint density at radius 1 is 1.55 bits per heavy atom. The predicted octanol–water partition coefficient (Wildman–Crippen LogP) is 2.10. The molecule has 2 heteroatoms. The molecule has 0 atom stereocenters. The Hall–Kier alpha value is -0.530. The van der Waals surface area contributed by atoms with Crippen molar-refractivity contribution in [2.24, 2.45) is 5.92 Å². The van der Waals surface area contributed by atoms with E-state index in [4.69, 9.17) is 5.41 Å². The predicted molar refractivity (Wildman–Crippen MR) is 48.0 cm³/mol. The van der Waals surface area contributed by atoms with E-state index in [2.05, 4.69) is 18.7 Å². The first kappa shape index (κ1) is 8.57. The van der Waals surface area contributed by atoms with Crippen LogP contribution in [0, 0.1) is 11.3 Å². The van der Waals surface area contributed by atoms with Crippen molar-refractivity contribution in [3.05, 3.63) is 0 Å². The highest BCUT2D eigenvalue weighted by Crippen LogP contribution is 2.30. The minimum absolute atomic E-state index is 0.494. The van der Waals surface area contributed by atoms with Crippen molar-refractivity contribution in [3.63, 3.8) is 0 Å². The molecule has 1 aliphatic rings. The smallest absolute Gasteiger partial charge is 0.0928 e. The molecule has 2 nitrogen and oxygen atoms in total. The number of hydrogen-bond acceptors (Lipinski definition) is 1. The van der Waals surface area contributed by atoms with Crippen LogP contribution in [0.2, 0.25) is 0 Å². The second-order valence-corrected chi connectivity index (χ2v) is 3.77. The zero-order valence-corrected chi connectivity index (χ0v) is 7.72. The molecule has 0 aliphatic heterocycles. The van der Waals surface area contributed by atoms with Crippen LogP contribution in [0.25, 0.3) is 0 Å². The molecule has 1 fully saturated rings. The van der Waals surface area contributed by atoms with Crippen LogP contribution in [-0.2, 0) is 0 Å². The zero-order valence-electron chi connectivity index (χ0n) is 7.72. The van der Waals surface area contributed by atoms with Crippen LogP contribution in [0.1, 0.15) is 33.6 Å². The maximum absolute atomic E-state index is 7.53. The van der Waals surface area contributed by atoms with Crippen LogP contribution in [0.3, 0.4) is 0 Å². The fourth-order valence-electron chi connectivity index (χ4n) is 1.31. The second-order valence-electron chi connectivity index (χ2n) is 3.77. The molecular formula is C9H18N2. The molecule has 0 radical (unpaired) electrons. The summed E-state index contributed by atoms with van der Waals surface area (Å²) in [6, 6.07) is 0.494. The second kappa shape index (κ2) is 3.24. The standard InChI is InChI=1S/C9H18N2/c1-7(2)11(8(3)10)6-9-4-5-9/h7,9-10H,4-6H2,1-3H3. The summed E-state index contributed by atoms with van der Waals surface area (Å²) in [6.07, 6.45) is 2.74. The van der Waals surface area contributed by atoms with E-state index in [1.165, 1.54) is 12.8 Å². The molecule has 0 aromatic rings. The fourth-order valence-corrected chi connectivity index (χ4v) is 1.31. The van der Waals surface area contributed by atoms with E-state index in [0.717, 1.165) is 12.5 Å². The average Bonchev–Trinajstić information content (AvgIpc) is 2.63. The normalized spacial score (nSPS) is 17.1. The van der Waals surface area contributed by atoms with Gasteiger partial charge in [0.1, 0.15) is 0 Å². The Morgan fingerprint density at radius 2 is 2.09 bits per heavy atom. The topological polar surface area (TPSA) is 27.1 Å². The van der Waals surface area contributed by atoms with E-state index in [0.29, 0.717) is 11.9 Å². The van der Waals surface area contributed by atoms with E-state index in [1.807, 2.05) is 6.92 Å². The molecular weight excluding hydrogens is 136 g/mol. The number of nitrogens with one attached hydrogen (secondary N) is 1. The van der Waals surface area contributed by atoms with Crippen molar-refractivity contribution in [1.29, 1.82) is 5.41 Å². The molecule has 0 aromatic carbocycles. The first-order chi connectivity index (χ1) is 5.11. The maximum atomic E-state index is 7.53. The number of nitrogens with zero attached hydrogens (tertiary/aromatic N) is 1. The van der Waals surface area contributed by atoms with Gasteiger partial charge in [-0.1, -0.05) is 0 Å². The molecule has 0 saturated heterocycles. The summed E-state index contributed by atoms with van der Waals surface area (Å²) >= 11 is 0. The van der Waals surface area contributed by atoms with Crippen molar-refractivity contribution in [2.75, 3.05) is 6.54 Å². The largest absolute Gasteiger partial charge is 0.358 e. The Labute approximate surface area is 69.1 Å². The van der Waals surface area contributed by atoms with Gasteiger partial charge in [0.25, 0.3) is 0 Å². The summed E-state index contributed by atoms with van der Waals surface area (Å²) in [5, 5.41) is 7.53. The molecule has 1 N–H and O–H groups in total. The van der Waals surface area contributed by atoms with E-state index in [9.17, 15) is 0 Å². The van der Waals surface area contributed by atoms with E-state index >= 15 is 0 Å². The fraction of sp³-hybridized carbons (Fsp3) is 0.889. The van der Waals surface area contributed by atoms with Crippen molar-refractivity contribution in [1.82, 2.24) is 4.90 Å². The summed E-state index contributed by atoms with van der Waals surface area (Å²) < 4.78 is 0. The van der Waals surface area contributed by atoms with Crippen molar-refractivity contribution in [2.45, 2.75) is 39.7 Å². The Balaban J connectivity index is 2.37. The van der Waals surface area contributed by atoms with Gasteiger partial charge in [-0.05, 0) is 39.5 Å². The monoisotopic (exact) mass is 154 g/mol. The minimum Gasteiger partial charge on any atom is -0.358 e. The van der Waals surface area contributed by atoms with Crippen molar-refractivity contribution in [3.8, 4) is 0 Å². The molecule has 1 aliphatic carbocycles. The quantitative estimate of drug-likeness (QED) is 0.489. The summed E-state index contributed by atoms with van der Waals surface area (Å²) in [4.78, 5) is 2.18. The van der Waals surface area contributed by atoms with Gasteiger partial charge in [0.05, 0.1) is 5.84 Å². The Bertz CT molecular complexity index is 148. The lowest BCUT2D eigenvalue weighted by atomic mass is 10.2. The first-order valence-electron chi connectivity index (χ1n) is 4.43. The number of hydrogen-bond donors (Lipinski definition) is 1. The van der Waals surface area contributed by atoms with E-state index in [-0.39, 0.29) is 0 Å². The van der Waals surface area contributed by atoms with Gasteiger partial charge in [-0.25, -0.2) is 0 Å². The highest BCUT2D eigenvalue weighted by molar-refractivity contribution is 5.76. The molecule has 0 heterocycles. The van der Waals surface area contributed by atoms with Gasteiger partial charge in [0.2, 0.25) is 0 Å². The lowest BCUT2D eigenvalue weighted by Gasteiger charge is -2.27. The van der Waals surface area contributed by atoms with Gasteiger partial charge in [-0.2, -0.15) is 0 Å². The molecule has 0 amide bonds. The molecule has 1 saturated carbocycles. The van der Waals surface area contributed by atoms with Gasteiger partial charge in [0, 0.05) is 12.6 Å². The van der Waals surface area contributed by atoms with Crippen LogP contribution in [0.5, 0.6) is 0 Å². The maximum Gasteiger partial charge on any atom is 0.0928 e. The van der Waals surface area contributed by atoms with E-state index in [1.54, 1.807) is 0 Å². The summed E-state index contributed by atoms with van der Waals surface area (Å²) in [5.74, 6) is 1.60. The van der Waals surface area contributed by atoms with Gasteiger partial charge >= 0.3 is 0 Å². The van der Waals surface area contributed by atoms with E-state index < -0.39 is 0 Å². The third-order valence-electron chi connectivity index (χ3n) is 2.21. The van der Waals surface area contributed by atoms with Crippen LogP contribution in [0.4, 0.5) is 0 Å². The first-order valence-corrected chi connectivity index (χ1v) is 4.43. The molecule has 1 rings (SSSR count).